The van der Waals surface area contributed by atoms with Gasteiger partial charge in [-0.1, -0.05) is 0 Å². The third kappa shape index (κ3) is 24.6. The Balaban J connectivity index is 0. The number of alkyl halides is 5. The van der Waals surface area contributed by atoms with Crippen LogP contribution in [0.5, 0.6) is 0 Å². The Bertz CT molecular complexity index is 172. The summed E-state index contributed by atoms with van der Waals surface area (Å²) in [6.07, 6.45) is -9.28. The van der Waals surface area contributed by atoms with Crippen LogP contribution in [-0.4, -0.2) is 18.9 Å². The number of hydrogen-bond donors (Lipinski definition) is 0. The molecule has 0 atom stereocenters. The summed E-state index contributed by atoms with van der Waals surface area (Å²) in [6, 6.07) is 0. The number of halogens is 7. The highest BCUT2D eigenvalue weighted by atomic mass is 19.4. The summed E-state index contributed by atoms with van der Waals surface area (Å²) in [4.78, 5) is 0. The molecule has 0 aliphatic heterocycles. The van der Waals surface area contributed by atoms with Crippen LogP contribution >= 0.6 is 0 Å². The number of allylic oxidation sites excluding steroid dienone is 1. The van der Waals surface area contributed by atoms with Gasteiger partial charge in [0, 0.05) is 6.92 Å². The van der Waals surface area contributed by atoms with Crippen molar-refractivity contribution in [2.75, 3.05) is 6.61 Å². The summed E-state index contributed by atoms with van der Waals surface area (Å²) in [6.45, 7) is -0.384. The highest BCUT2D eigenvalue weighted by Crippen LogP contribution is 2.20. The minimum Gasteiger partial charge on any atom is -0.311 e. The molecule has 15 heavy (non-hydrogen) atoms. The molecule has 0 unspecified atom stereocenters. The van der Waals surface area contributed by atoms with E-state index in [1.807, 2.05) is 0 Å². The zero-order valence-electron chi connectivity index (χ0n) is 7.84. The van der Waals surface area contributed by atoms with E-state index in [-0.39, 0.29) is 6.92 Å². The van der Waals surface area contributed by atoms with Crippen LogP contribution < -0.4 is 0 Å². The van der Waals surface area contributed by atoms with Gasteiger partial charge < -0.3 is 4.74 Å². The molecule has 0 radical (unpaired) electrons. The molecule has 0 saturated heterocycles. The molecule has 0 aromatic carbocycles. The monoisotopic (exact) mass is 242 g/mol. The fraction of sp³-hybridized carbons (Fsp3) is 0.714. The Kier molecular flexibility index (Phi) is 7.37. The van der Waals surface area contributed by atoms with Crippen molar-refractivity contribution in [1.29, 1.82) is 0 Å². The molecule has 0 fully saturated rings. The van der Waals surface area contributed by atoms with Crippen LogP contribution in [0.3, 0.4) is 0 Å². The van der Waals surface area contributed by atoms with Gasteiger partial charge in [0.25, 0.3) is 6.08 Å². The standard InChI is InChI=1S/C4H5F5O.C3H4F2/c1-3(5,6)10-2-4(7,8)9;1-2-3(4)5/h2H2,1H3;2H,1H3. The summed E-state index contributed by atoms with van der Waals surface area (Å²) in [5, 5.41) is 0. The summed E-state index contributed by atoms with van der Waals surface area (Å²) in [5.74, 6) is 0. The van der Waals surface area contributed by atoms with Crippen molar-refractivity contribution in [1.82, 2.24) is 0 Å². The van der Waals surface area contributed by atoms with Gasteiger partial charge in [-0.15, -0.1) is 0 Å². The van der Waals surface area contributed by atoms with Crippen LogP contribution in [0.15, 0.2) is 12.2 Å². The first kappa shape index (κ1) is 16.6. The first-order valence-corrected chi connectivity index (χ1v) is 3.54. The summed E-state index contributed by atoms with van der Waals surface area (Å²) in [7, 11) is 0. The van der Waals surface area contributed by atoms with Crippen molar-refractivity contribution >= 4 is 0 Å². The molecule has 8 heteroatoms. The predicted octanol–water partition coefficient (Wildman–Crippen LogP) is 3.96. The number of ether oxygens (including phenoxy) is 1. The second-order valence-electron chi connectivity index (χ2n) is 2.29. The maximum absolute atomic E-state index is 11.5. The van der Waals surface area contributed by atoms with Crippen LogP contribution in [0.1, 0.15) is 13.8 Å². The van der Waals surface area contributed by atoms with Gasteiger partial charge in [0.15, 0.2) is 0 Å². The van der Waals surface area contributed by atoms with Crippen molar-refractivity contribution in [3.05, 3.63) is 12.2 Å². The fourth-order valence-electron chi connectivity index (χ4n) is 0.209. The average Bonchev–Trinajstić information content (AvgIpc) is 2.00. The smallest absolute Gasteiger partial charge is 0.311 e. The maximum atomic E-state index is 11.5. The van der Waals surface area contributed by atoms with E-state index in [4.69, 9.17) is 0 Å². The molecule has 0 N–H and O–H groups in total. The third-order valence-corrected chi connectivity index (χ3v) is 0.707. The molecule has 0 spiro atoms. The van der Waals surface area contributed by atoms with E-state index in [0.29, 0.717) is 0 Å². The molecule has 0 bridgehead atoms. The number of rotatable bonds is 2. The molecule has 0 amide bonds. The second-order valence-corrected chi connectivity index (χ2v) is 2.29. The minimum atomic E-state index is -4.70. The van der Waals surface area contributed by atoms with Gasteiger partial charge in [-0.3, -0.25) is 0 Å². The Morgan fingerprint density at radius 2 is 1.47 bits per heavy atom. The van der Waals surface area contributed by atoms with E-state index in [1.54, 1.807) is 0 Å². The molecule has 0 saturated carbocycles. The summed E-state index contributed by atoms with van der Waals surface area (Å²) in [5.41, 5.74) is 0. The Morgan fingerprint density at radius 1 is 1.13 bits per heavy atom. The van der Waals surface area contributed by atoms with Crippen molar-refractivity contribution in [3.8, 4) is 0 Å². The molecule has 0 aliphatic rings. The highest BCUT2D eigenvalue weighted by Gasteiger charge is 2.33. The first-order chi connectivity index (χ1) is 6.48. The highest BCUT2D eigenvalue weighted by molar-refractivity contribution is 4.72. The lowest BCUT2D eigenvalue weighted by atomic mass is 10.7. The van der Waals surface area contributed by atoms with Crippen LogP contribution in [0.25, 0.3) is 0 Å². The van der Waals surface area contributed by atoms with E-state index in [2.05, 4.69) is 4.74 Å². The van der Waals surface area contributed by atoms with Crippen LogP contribution in [-0.2, 0) is 4.74 Å². The van der Waals surface area contributed by atoms with Gasteiger partial charge in [0.05, 0.1) is 0 Å². The van der Waals surface area contributed by atoms with Gasteiger partial charge in [0.1, 0.15) is 6.61 Å². The first-order valence-electron chi connectivity index (χ1n) is 3.54. The maximum Gasteiger partial charge on any atom is 0.412 e. The Labute approximate surface area is 81.5 Å². The van der Waals surface area contributed by atoms with Crippen molar-refractivity contribution in [2.45, 2.75) is 26.1 Å². The Morgan fingerprint density at radius 3 is 1.53 bits per heavy atom. The second kappa shape index (κ2) is 6.65. The van der Waals surface area contributed by atoms with Gasteiger partial charge in [-0.2, -0.15) is 30.7 Å². The van der Waals surface area contributed by atoms with Gasteiger partial charge in [0.2, 0.25) is 0 Å². The average molecular weight is 242 g/mol. The van der Waals surface area contributed by atoms with E-state index >= 15 is 0 Å². The number of hydrogen-bond acceptors (Lipinski definition) is 1. The van der Waals surface area contributed by atoms with Crippen molar-refractivity contribution in [2.24, 2.45) is 0 Å². The Hall–Kier alpha value is -0.790. The van der Waals surface area contributed by atoms with Crippen LogP contribution in [0.4, 0.5) is 30.7 Å². The topological polar surface area (TPSA) is 9.23 Å². The van der Waals surface area contributed by atoms with E-state index < -0.39 is 25.0 Å². The molecule has 92 valence electrons. The quantitative estimate of drug-likeness (QED) is 0.666. The lowest BCUT2D eigenvalue weighted by molar-refractivity contribution is -0.279. The SMILES string of the molecule is CC(F)(F)OCC(F)(F)F.CC=C(F)F. The van der Waals surface area contributed by atoms with Gasteiger partial charge in [-0.05, 0) is 13.0 Å². The molecule has 0 heterocycles. The predicted molar refractivity (Wildman–Crippen MR) is 38.6 cm³/mol. The van der Waals surface area contributed by atoms with Gasteiger partial charge in [-0.25, -0.2) is 0 Å². The van der Waals surface area contributed by atoms with Crippen molar-refractivity contribution in [3.63, 3.8) is 0 Å². The third-order valence-electron chi connectivity index (χ3n) is 0.707. The van der Waals surface area contributed by atoms with E-state index in [9.17, 15) is 30.7 Å². The molecular formula is C7H9F7O. The van der Waals surface area contributed by atoms with Crippen LogP contribution in [0.2, 0.25) is 0 Å². The molecule has 0 rings (SSSR count). The lowest BCUT2D eigenvalue weighted by Crippen LogP contribution is -2.25. The zero-order valence-corrected chi connectivity index (χ0v) is 7.84. The van der Waals surface area contributed by atoms with Crippen molar-refractivity contribution < 1.29 is 35.5 Å². The van der Waals surface area contributed by atoms with Gasteiger partial charge >= 0.3 is 12.3 Å². The van der Waals surface area contributed by atoms with E-state index in [0.717, 1.165) is 6.08 Å². The summed E-state index contributed by atoms with van der Waals surface area (Å²) < 4.78 is 80.8. The molecule has 0 aromatic rings. The fourth-order valence-corrected chi connectivity index (χ4v) is 0.209. The zero-order chi connectivity index (χ0) is 12.7. The minimum absolute atomic E-state index is 0.249. The largest absolute Gasteiger partial charge is 0.412 e. The molecule has 1 nitrogen and oxygen atoms in total. The molecular weight excluding hydrogens is 233 g/mol. The van der Waals surface area contributed by atoms with Crippen LogP contribution in [0, 0.1) is 0 Å². The lowest BCUT2D eigenvalue weighted by Gasteiger charge is -2.12. The molecule has 0 aliphatic carbocycles. The normalized spacial score (nSPS) is 11.5. The molecule has 0 aromatic heterocycles. The van der Waals surface area contributed by atoms with E-state index in [1.165, 1.54) is 6.92 Å². The summed E-state index contributed by atoms with van der Waals surface area (Å²) >= 11 is 0.